The second kappa shape index (κ2) is 14.3. The van der Waals surface area contributed by atoms with Crippen LogP contribution >= 0.6 is 0 Å². The number of nitro benzene ring substituents is 1. The van der Waals surface area contributed by atoms with Gasteiger partial charge in [0.05, 0.1) is 16.7 Å². The van der Waals surface area contributed by atoms with E-state index in [-0.39, 0.29) is 35.8 Å². The van der Waals surface area contributed by atoms with Crippen LogP contribution in [0.2, 0.25) is 0 Å². The smallest absolute Gasteiger partial charge is 0.303 e. The van der Waals surface area contributed by atoms with Gasteiger partial charge in [-0.25, -0.2) is 0 Å². The van der Waals surface area contributed by atoms with Gasteiger partial charge >= 0.3 is 11.9 Å². The first-order valence-corrected chi connectivity index (χ1v) is 17.8. The third kappa shape index (κ3) is 7.33. The number of oxime groups is 1. The van der Waals surface area contributed by atoms with Gasteiger partial charge in [-0.3, -0.25) is 19.7 Å². The van der Waals surface area contributed by atoms with Crippen LogP contribution in [0, 0.1) is 44.6 Å². The van der Waals surface area contributed by atoms with Crippen molar-refractivity contribution in [2.24, 2.45) is 39.7 Å². The van der Waals surface area contributed by atoms with Gasteiger partial charge in [-0.2, -0.15) is 0 Å². The molecule has 1 heterocycles. The average Bonchev–Trinajstić information content (AvgIpc) is 3.42. The van der Waals surface area contributed by atoms with E-state index in [0.717, 1.165) is 43.4 Å². The summed E-state index contributed by atoms with van der Waals surface area (Å²) in [6.45, 7) is 10.0. The van der Waals surface area contributed by atoms with Gasteiger partial charge in [0.25, 0.3) is 5.69 Å². The molecule has 4 unspecified atom stereocenters. The van der Waals surface area contributed by atoms with Crippen molar-refractivity contribution in [2.45, 2.75) is 117 Å². The number of nitro groups is 1. The number of non-ortho nitro benzene ring substituents is 1. The van der Waals surface area contributed by atoms with E-state index in [0.29, 0.717) is 23.7 Å². The van der Waals surface area contributed by atoms with Crippen molar-refractivity contribution in [3.8, 4) is 0 Å². The Balaban J connectivity index is 1.07. The van der Waals surface area contributed by atoms with E-state index in [9.17, 15) is 19.7 Å². The van der Waals surface area contributed by atoms with Crippen molar-refractivity contribution in [2.75, 3.05) is 6.61 Å². The molecule has 0 N–H and O–H groups in total. The Morgan fingerprint density at radius 2 is 1.78 bits per heavy atom. The summed E-state index contributed by atoms with van der Waals surface area (Å²) in [7, 11) is 0. The lowest BCUT2D eigenvalue weighted by molar-refractivity contribution is -0.384. The zero-order valence-corrected chi connectivity index (χ0v) is 29.3. The van der Waals surface area contributed by atoms with Crippen LogP contribution in [-0.2, 0) is 40.0 Å². The highest BCUT2D eigenvalue weighted by atomic mass is 16.7. The van der Waals surface area contributed by atoms with Crippen LogP contribution in [0.3, 0.4) is 0 Å². The largest absolute Gasteiger partial charge is 0.463 e. The summed E-state index contributed by atoms with van der Waals surface area (Å²) in [6, 6.07) is 6.43. The van der Waals surface area contributed by atoms with E-state index in [1.165, 1.54) is 50.8 Å². The zero-order valence-electron chi connectivity index (χ0n) is 29.3. The van der Waals surface area contributed by atoms with Gasteiger partial charge in [-0.05, 0) is 117 Å². The third-order valence-corrected chi connectivity index (χ3v) is 12.4. The first-order valence-electron chi connectivity index (χ1n) is 17.8. The Hall–Kier alpha value is -3.57. The minimum atomic E-state index is -0.637. The van der Waals surface area contributed by atoms with Crippen molar-refractivity contribution in [1.82, 2.24) is 0 Å². The van der Waals surface area contributed by atoms with Crippen LogP contribution in [-0.4, -0.2) is 53.8 Å². The number of hydrogen-bond donors (Lipinski definition) is 0. The summed E-state index contributed by atoms with van der Waals surface area (Å²) in [6.07, 6.45) is 12.9. The highest BCUT2D eigenvalue weighted by molar-refractivity contribution is 5.85. The van der Waals surface area contributed by atoms with E-state index in [2.05, 4.69) is 32.0 Å². The van der Waals surface area contributed by atoms with Gasteiger partial charge in [0, 0.05) is 31.9 Å². The van der Waals surface area contributed by atoms with Gasteiger partial charge in [0.1, 0.15) is 25.4 Å². The van der Waals surface area contributed by atoms with E-state index in [1.54, 1.807) is 24.3 Å². The maximum Gasteiger partial charge on any atom is 0.303 e. The molecule has 0 amide bonds. The number of ether oxygens (including phenoxy) is 4. The van der Waals surface area contributed by atoms with Crippen LogP contribution < -0.4 is 0 Å². The highest BCUT2D eigenvalue weighted by Gasteiger charge is 2.59. The molecule has 1 aliphatic heterocycles. The molecule has 0 spiro atoms. The first kappa shape index (κ1) is 35.3. The molecule has 5 aliphatic rings. The number of carbonyl (C=O) groups is 2. The topological polar surface area (TPSA) is 136 Å². The van der Waals surface area contributed by atoms with Crippen molar-refractivity contribution in [3.63, 3.8) is 0 Å². The first-order chi connectivity index (χ1) is 23.4. The minimum Gasteiger partial charge on any atom is -0.463 e. The van der Waals surface area contributed by atoms with Crippen LogP contribution in [0.15, 0.2) is 53.2 Å². The Morgan fingerprint density at radius 1 is 1.00 bits per heavy atom. The van der Waals surface area contributed by atoms with E-state index in [4.69, 9.17) is 23.8 Å². The Bertz CT molecular complexity index is 1500. The van der Waals surface area contributed by atoms with E-state index in [1.807, 2.05) is 0 Å². The lowest BCUT2D eigenvalue weighted by Gasteiger charge is -2.58. The molecule has 3 saturated carbocycles. The molecule has 0 radical (unpaired) electrons. The van der Waals surface area contributed by atoms with E-state index >= 15 is 0 Å². The third-order valence-electron chi connectivity index (χ3n) is 12.4. The fourth-order valence-corrected chi connectivity index (χ4v) is 9.94. The number of hydrogen-bond acceptors (Lipinski definition) is 10. The number of esters is 2. The Kier molecular flexibility index (Phi) is 10.3. The molecule has 0 saturated heterocycles. The molecule has 10 atom stereocenters. The molecule has 0 bridgehead atoms. The number of allylic oxidation sites excluding steroid dienone is 1. The molecule has 266 valence electrons. The van der Waals surface area contributed by atoms with Crippen LogP contribution in [0.1, 0.15) is 91.5 Å². The van der Waals surface area contributed by atoms with Gasteiger partial charge in [-0.1, -0.05) is 30.7 Å². The number of benzene rings is 1. The summed E-state index contributed by atoms with van der Waals surface area (Å²) in [5.74, 6) is 1.46. The van der Waals surface area contributed by atoms with Gasteiger partial charge in [0.2, 0.25) is 0 Å². The predicted octanol–water partition coefficient (Wildman–Crippen LogP) is 7.23. The molecule has 6 rings (SSSR count). The molecule has 1 aromatic rings. The highest BCUT2D eigenvalue weighted by Crippen LogP contribution is 2.66. The number of nitrogens with zero attached hydrogens (tertiary/aromatic N) is 2. The van der Waals surface area contributed by atoms with Crippen molar-refractivity contribution in [3.05, 3.63) is 63.7 Å². The SMILES string of the molecule is CC(=O)OC[C@H]1OC(O[C@H]2CC[C@@]3(C)C(=CCC4C3CC[C@@]3(C)C4CC[C@@H]3/C(C)=N/OCc3ccc([N+](=O)[O-])cc3)C2)C=C[C@@H]1OC(C)=O. The average molecular weight is 679 g/mol. The van der Waals surface area contributed by atoms with Gasteiger partial charge in [0.15, 0.2) is 6.29 Å². The Morgan fingerprint density at radius 3 is 2.49 bits per heavy atom. The van der Waals surface area contributed by atoms with Gasteiger partial charge < -0.3 is 23.8 Å². The molecular formula is C38H50N2O9. The van der Waals surface area contributed by atoms with E-state index < -0.39 is 35.4 Å². The standard InChI is InChI=1S/C38H50N2O9/c1-23(39-46-21-26-6-9-28(10-7-26)40(43)44)31-12-13-32-30-11-8-27-20-29(16-18-37(27,4)33(30)17-19-38(31,32)5)48-36-15-14-34(47-25(3)42)35(49-36)22-45-24(2)41/h6-10,14-15,29-36H,11-13,16-22H2,1-5H3/b39-23+/t29-,30?,31+,32?,33?,34-,35+,36?,37-,38+/m0/s1. The summed E-state index contributed by atoms with van der Waals surface area (Å²) in [5, 5.41) is 15.5. The monoisotopic (exact) mass is 678 g/mol. The lowest BCUT2D eigenvalue weighted by atomic mass is 9.47. The van der Waals surface area contributed by atoms with Crippen molar-refractivity contribution in [1.29, 1.82) is 0 Å². The summed E-state index contributed by atoms with van der Waals surface area (Å²) in [4.78, 5) is 39.4. The molecule has 0 aromatic heterocycles. The maximum atomic E-state index is 11.6. The number of carbonyl (C=O) groups excluding carboxylic acids is 2. The van der Waals surface area contributed by atoms with Crippen molar-refractivity contribution < 1.29 is 38.3 Å². The molecule has 11 nitrogen and oxygen atoms in total. The predicted molar refractivity (Wildman–Crippen MR) is 181 cm³/mol. The molecular weight excluding hydrogens is 628 g/mol. The minimum absolute atomic E-state index is 0.0137. The summed E-state index contributed by atoms with van der Waals surface area (Å²) in [5.41, 5.74) is 3.82. The normalized spacial score (nSPS) is 36.8. The number of fused-ring (bicyclic) bond motifs is 5. The summed E-state index contributed by atoms with van der Waals surface area (Å²) < 4.78 is 23.1. The fourth-order valence-electron chi connectivity index (χ4n) is 9.94. The fraction of sp³-hybridized carbons (Fsp3) is 0.658. The lowest BCUT2D eigenvalue weighted by Crippen LogP contribution is -2.51. The second-order valence-corrected chi connectivity index (χ2v) is 15.2. The van der Waals surface area contributed by atoms with Crippen LogP contribution in [0.25, 0.3) is 0 Å². The van der Waals surface area contributed by atoms with Gasteiger partial charge in [-0.15, -0.1) is 0 Å². The molecule has 49 heavy (non-hydrogen) atoms. The summed E-state index contributed by atoms with van der Waals surface area (Å²) >= 11 is 0. The second-order valence-electron chi connectivity index (χ2n) is 15.2. The molecule has 4 aliphatic carbocycles. The maximum absolute atomic E-state index is 11.6. The molecule has 1 aromatic carbocycles. The zero-order chi connectivity index (χ0) is 34.9. The van der Waals surface area contributed by atoms with Crippen LogP contribution in [0.4, 0.5) is 5.69 Å². The molecule has 3 fully saturated rings. The van der Waals surface area contributed by atoms with Crippen molar-refractivity contribution >= 4 is 23.3 Å². The molecule has 11 heteroatoms. The Labute approximate surface area is 288 Å². The number of rotatable bonds is 10. The quantitative estimate of drug-likeness (QED) is 0.0826. The van der Waals surface area contributed by atoms with Crippen LogP contribution in [0.5, 0.6) is 0 Å².